The fraction of sp³-hybridized carbons (Fsp3) is 0.176. The van der Waals surface area contributed by atoms with Crippen LogP contribution in [0.4, 0.5) is 5.69 Å². The summed E-state index contributed by atoms with van der Waals surface area (Å²) in [5.41, 5.74) is 1.61. The highest BCUT2D eigenvalue weighted by atomic mass is 32.2. The summed E-state index contributed by atoms with van der Waals surface area (Å²) in [4.78, 5) is 25.4. The number of ether oxygens (including phenoxy) is 1. The van der Waals surface area contributed by atoms with Gasteiger partial charge in [-0.3, -0.25) is 9.59 Å². The Kier molecular flexibility index (Phi) is 4.52. The molecule has 0 saturated carbocycles. The molecular weight excluding hydrogens is 312 g/mol. The number of anilines is 1. The predicted octanol–water partition coefficient (Wildman–Crippen LogP) is 3.14. The maximum Gasteiger partial charge on any atom is 0.325 e. The van der Waals surface area contributed by atoms with Crippen LogP contribution in [0.5, 0.6) is 0 Å². The van der Waals surface area contributed by atoms with Crippen molar-refractivity contribution in [2.75, 3.05) is 11.9 Å². The van der Waals surface area contributed by atoms with Crippen LogP contribution in [0.1, 0.15) is 12.6 Å². The first-order valence-electron chi connectivity index (χ1n) is 7.28. The second-order valence-corrected chi connectivity index (χ2v) is 6.01. The molecule has 23 heavy (non-hydrogen) atoms. The number of fused-ring (bicyclic) bond motifs is 1. The molecule has 3 rings (SSSR count). The van der Waals surface area contributed by atoms with Crippen LogP contribution in [0.2, 0.25) is 0 Å². The van der Waals surface area contributed by atoms with Crippen molar-refractivity contribution < 1.29 is 14.3 Å². The summed E-state index contributed by atoms with van der Waals surface area (Å²) in [6.07, 6.45) is 3.58. The molecule has 0 unspecified atom stereocenters. The van der Waals surface area contributed by atoms with Crippen molar-refractivity contribution in [3.8, 4) is 0 Å². The van der Waals surface area contributed by atoms with Gasteiger partial charge < -0.3 is 14.6 Å². The van der Waals surface area contributed by atoms with Gasteiger partial charge in [-0.05, 0) is 37.3 Å². The molecule has 1 amide bonds. The van der Waals surface area contributed by atoms with Crippen LogP contribution in [0, 0.1) is 0 Å². The number of carbonyl (C=O) groups is 2. The Bertz CT molecular complexity index is 780. The quantitative estimate of drug-likeness (QED) is 0.692. The van der Waals surface area contributed by atoms with Gasteiger partial charge in [0.2, 0.25) is 0 Å². The highest BCUT2D eigenvalue weighted by Crippen LogP contribution is 2.38. The molecular formula is C17H16N2O3S. The van der Waals surface area contributed by atoms with Crippen LogP contribution in [0.15, 0.2) is 52.4 Å². The Labute approximate surface area is 138 Å². The smallest absolute Gasteiger partial charge is 0.325 e. The van der Waals surface area contributed by atoms with E-state index in [0.717, 1.165) is 16.3 Å². The van der Waals surface area contributed by atoms with Crippen molar-refractivity contribution in [1.82, 2.24) is 4.57 Å². The number of esters is 1. The largest absolute Gasteiger partial charge is 0.465 e. The number of para-hydroxylation sites is 1. The van der Waals surface area contributed by atoms with Crippen molar-refractivity contribution in [2.45, 2.75) is 18.4 Å². The van der Waals surface area contributed by atoms with Crippen LogP contribution < -0.4 is 5.32 Å². The summed E-state index contributed by atoms with van der Waals surface area (Å²) in [7, 11) is 0. The number of hydrogen-bond donors (Lipinski definition) is 1. The lowest BCUT2D eigenvalue weighted by molar-refractivity contribution is -0.143. The van der Waals surface area contributed by atoms with Crippen LogP contribution >= 0.6 is 11.8 Å². The third-order valence-electron chi connectivity index (χ3n) is 3.33. The van der Waals surface area contributed by atoms with Gasteiger partial charge in [0.25, 0.3) is 5.91 Å². The number of rotatable bonds is 4. The molecule has 1 aromatic carbocycles. The molecule has 1 N–H and O–H groups in total. The number of nitrogens with one attached hydrogen (secondary N) is 1. The zero-order valence-electron chi connectivity index (χ0n) is 12.6. The number of amides is 1. The molecule has 6 heteroatoms. The van der Waals surface area contributed by atoms with E-state index >= 15 is 0 Å². The third kappa shape index (κ3) is 3.48. The van der Waals surface area contributed by atoms with Gasteiger partial charge in [-0.1, -0.05) is 23.9 Å². The van der Waals surface area contributed by atoms with Gasteiger partial charge in [-0.2, -0.15) is 0 Å². The lowest BCUT2D eigenvalue weighted by atomic mass is 10.3. The van der Waals surface area contributed by atoms with Crippen molar-refractivity contribution in [1.29, 1.82) is 0 Å². The summed E-state index contributed by atoms with van der Waals surface area (Å²) in [6, 6.07) is 11.4. The van der Waals surface area contributed by atoms with E-state index in [9.17, 15) is 9.59 Å². The predicted molar refractivity (Wildman–Crippen MR) is 90.0 cm³/mol. The molecule has 0 fully saturated rings. The molecule has 0 radical (unpaired) electrons. The van der Waals surface area contributed by atoms with Gasteiger partial charge in [0.1, 0.15) is 6.54 Å². The van der Waals surface area contributed by atoms with E-state index in [2.05, 4.69) is 5.32 Å². The zero-order chi connectivity index (χ0) is 16.2. The van der Waals surface area contributed by atoms with E-state index < -0.39 is 0 Å². The molecule has 1 aliphatic heterocycles. The molecule has 0 atom stereocenters. The van der Waals surface area contributed by atoms with Crippen LogP contribution in [0.3, 0.4) is 0 Å². The number of nitrogens with zero attached hydrogens (tertiary/aromatic N) is 1. The van der Waals surface area contributed by atoms with E-state index in [1.165, 1.54) is 11.8 Å². The number of aromatic nitrogens is 1. The first-order valence-corrected chi connectivity index (χ1v) is 8.09. The average Bonchev–Trinajstić information content (AvgIpc) is 2.95. The van der Waals surface area contributed by atoms with Gasteiger partial charge >= 0.3 is 5.97 Å². The fourth-order valence-corrected chi connectivity index (χ4v) is 3.22. The van der Waals surface area contributed by atoms with Crippen molar-refractivity contribution in [3.05, 3.63) is 53.2 Å². The van der Waals surface area contributed by atoms with E-state index in [4.69, 9.17) is 4.74 Å². The van der Waals surface area contributed by atoms with E-state index in [-0.39, 0.29) is 18.4 Å². The van der Waals surface area contributed by atoms with Gasteiger partial charge in [0, 0.05) is 16.8 Å². The van der Waals surface area contributed by atoms with Crippen LogP contribution in [0.25, 0.3) is 6.08 Å². The monoisotopic (exact) mass is 328 g/mol. The highest BCUT2D eigenvalue weighted by Gasteiger charge is 2.21. The first kappa shape index (κ1) is 15.4. The summed E-state index contributed by atoms with van der Waals surface area (Å²) in [6.45, 7) is 2.26. The molecule has 0 aliphatic carbocycles. The van der Waals surface area contributed by atoms with Crippen molar-refractivity contribution in [2.24, 2.45) is 0 Å². The SMILES string of the molecule is CCOC(=O)Cn1cccc1/C=C1/Sc2ccccc2NC1=O. The topological polar surface area (TPSA) is 60.3 Å². The first-order chi connectivity index (χ1) is 11.2. The number of hydrogen-bond acceptors (Lipinski definition) is 4. The highest BCUT2D eigenvalue weighted by molar-refractivity contribution is 8.04. The minimum Gasteiger partial charge on any atom is -0.465 e. The van der Waals surface area contributed by atoms with Crippen molar-refractivity contribution >= 4 is 35.4 Å². The molecule has 0 bridgehead atoms. The summed E-state index contributed by atoms with van der Waals surface area (Å²) >= 11 is 1.42. The molecule has 0 spiro atoms. The molecule has 2 aromatic rings. The second-order valence-electron chi connectivity index (χ2n) is 4.93. The van der Waals surface area contributed by atoms with E-state index in [1.54, 1.807) is 23.8 Å². The zero-order valence-corrected chi connectivity index (χ0v) is 13.4. The maximum atomic E-state index is 12.2. The molecule has 5 nitrogen and oxygen atoms in total. The Morgan fingerprint density at radius 2 is 2.13 bits per heavy atom. The second kappa shape index (κ2) is 6.75. The Balaban J connectivity index is 1.84. The lowest BCUT2D eigenvalue weighted by Crippen LogP contribution is -2.18. The summed E-state index contributed by atoms with van der Waals surface area (Å²) in [5, 5.41) is 2.87. The minimum atomic E-state index is -0.297. The lowest BCUT2D eigenvalue weighted by Gasteiger charge is -2.18. The third-order valence-corrected chi connectivity index (χ3v) is 4.43. The Morgan fingerprint density at radius 3 is 2.96 bits per heavy atom. The molecule has 2 heterocycles. The number of benzene rings is 1. The summed E-state index contributed by atoms with van der Waals surface area (Å²) in [5.74, 6) is -0.438. The van der Waals surface area contributed by atoms with E-state index in [0.29, 0.717) is 11.5 Å². The van der Waals surface area contributed by atoms with Crippen LogP contribution in [-0.4, -0.2) is 23.1 Å². The standard InChI is InChI=1S/C17H16N2O3S/c1-2-22-16(20)11-19-9-5-6-12(19)10-15-17(21)18-13-7-3-4-8-14(13)23-15/h3-10H,2,11H2,1H3,(H,18,21)/b15-10+. The minimum absolute atomic E-state index is 0.128. The maximum absolute atomic E-state index is 12.2. The average molecular weight is 328 g/mol. The van der Waals surface area contributed by atoms with Crippen molar-refractivity contribution in [3.63, 3.8) is 0 Å². The number of thioether (sulfide) groups is 1. The summed E-state index contributed by atoms with van der Waals surface area (Å²) < 4.78 is 6.73. The van der Waals surface area contributed by atoms with Crippen LogP contribution in [-0.2, 0) is 20.9 Å². The van der Waals surface area contributed by atoms with Gasteiger partial charge in [-0.25, -0.2) is 0 Å². The van der Waals surface area contributed by atoms with E-state index in [1.807, 2.05) is 36.4 Å². The molecule has 1 aromatic heterocycles. The van der Waals surface area contributed by atoms with Gasteiger partial charge in [0.15, 0.2) is 0 Å². The molecule has 118 valence electrons. The Hall–Kier alpha value is -2.47. The normalized spacial score (nSPS) is 15.2. The van der Waals surface area contributed by atoms with Gasteiger partial charge in [0.05, 0.1) is 17.2 Å². The fourth-order valence-electron chi connectivity index (χ4n) is 2.29. The molecule has 0 saturated heterocycles. The number of carbonyl (C=O) groups excluding carboxylic acids is 2. The Morgan fingerprint density at radius 1 is 1.30 bits per heavy atom. The van der Waals surface area contributed by atoms with Gasteiger partial charge in [-0.15, -0.1) is 0 Å². The molecule has 1 aliphatic rings.